The molecule has 1 fully saturated rings. The Morgan fingerprint density at radius 2 is 2.32 bits per heavy atom. The SMILES string of the molecule is CC1CCN(Cc2ccc(Br)cc2[N+](=O)[O-])C1CO. The van der Waals surface area contributed by atoms with Crippen molar-refractivity contribution in [3.05, 3.63) is 38.3 Å². The molecule has 1 aromatic carbocycles. The molecule has 1 aliphatic rings. The van der Waals surface area contributed by atoms with E-state index in [1.807, 2.05) is 6.07 Å². The van der Waals surface area contributed by atoms with Crippen LogP contribution in [0.5, 0.6) is 0 Å². The average Bonchev–Trinajstić information content (AvgIpc) is 2.71. The molecular formula is C13H17BrN2O3. The highest BCUT2D eigenvalue weighted by Crippen LogP contribution is 2.29. The van der Waals surface area contributed by atoms with Gasteiger partial charge in [-0.05, 0) is 31.0 Å². The van der Waals surface area contributed by atoms with Gasteiger partial charge in [0.2, 0.25) is 0 Å². The van der Waals surface area contributed by atoms with Crippen LogP contribution >= 0.6 is 15.9 Å². The summed E-state index contributed by atoms with van der Waals surface area (Å²) in [7, 11) is 0. The van der Waals surface area contributed by atoms with Crippen LogP contribution in [0.4, 0.5) is 5.69 Å². The smallest absolute Gasteiger partial charge is 0.275 e. The summed E-state index contributed by atoms with van der Waals surface area (Å²) in [4.78, 5) is 12.9. The van der Waals surface area contributed by atoms with Crippen molar-refractivity contribution in [2.75, 3.05) is 13.2 Å². The van der Waals surface area contributed by atoms with E-state index in [0.29, 0.717) is 22.5 Å². The van der Waals surface area contributed by atoms with Crippen LogP contribution in [0.1, 0.15) is 18.9 Å². The summed E-state index contributed by atoms with van der Waals surface area (Å²) < 4.78 is 0.705. The van der Waals surface area contributed by atoms with Gasteiger partial charge in [-0.1, -0.05) is 22.9 Å². The molecular weight excluding hydrogens is 312 g/mol. The van der Waals surface area contributed by atoms with E-state index in [4.69, 9.17) is 0 Å². The van der Waals surface area contributed by atoms with E-state index >= 15 is 0 Å². The third-order valence-electron chi connectivity index (χ3n) is 3.80. The van der Waals surface area contributed by atoms with Gasteiger partial charge in [0.1, 0.15) is 0 Å². The van der Waals surface area contributed by atoms with E-state index in [9.17, 15) is 15.2 Å². The van der Waals surface area contributed by atoms with Crippen molar-refractivity contribution in [3.8, 4) is 0 Å². The summed E-state index contributed by atoms with van der Waals surface area (Å²) in [6, 6.07) is 5.22. The monoisotopic (exact) mass is 328 g/mol. The lowest BCUT2D eigenvalue weighted by atomic mass is 10.0. The van der Waals surface area contributed by atoms with Gasteiger partial charge in [0, 0.05) is 28.7 Å². The van der Waals surface area contributed by atoms with Gasteiger partial charge >= 0.3 is 0 Å². The Labute approximate surface area is 120 Å². The van der Waals surface area contributed by atoms with Crippen LogP contribution < -0.4 is 0 Å². The molecule has 1 aromatic rings. The van der Waals surface area contributed by atoms with Gasteiger partial charge in [-0.2, -0.15) is 0 Å². The number of halogens is 1. The Morgan fingerprint density at radius 3 is 2.95 bits per heavy atom. The van der Waals surface area contributed by atoms with Crippen LogP contribution in [0.2, 0.25) is 0 Å². The maximum atomic E-state index is 11.1. The Kier molecular flexibility index (Phi) is 4.54. The molecule has 0 aliphatic carbocycles. The normalized spacial score (nSPS) is 23.7. The molecule has 0 saturated carbocycles. The first-order chi connectivity index (χ1) is 9.02. The fourth-order valence-corrected chi connectivity index (χ4v) is 2.99. The number of likely N-dealkylation sites (tertiary alicyclic amines) is 1. The zero-order chi connectivity index (χ0) is 14.0. The number of nitro groups is 1. The maximum Gasteiger partial charge on any atom is 0.275 e. The molecule has 104 valence electrons. The number of hydrogen-bond acceptors (Lipinski definition) is 4. The quantitative estimate of drug-likeness (QED) is 0.681. The zero-order valence-electron chi connectivity index (χ0n) is 10.8. The van der Waals surface area contributed by atoms with Crippen LogP contribution in [0, 0.1) is 16.0 Å². The van der Waals surface area contributed by atoms with E-state index in [2.05, 4.69) is 27.8 Å². The highest BCUT2D eigenvalue weighted by Gasteiger charge is 2.31. The molecule has 2 atom stereocenters. The molecule has 1 heterocycles. The first kappa shape index (κ1) is 14.4. The summed E-state index contributed by atoms with van der Waals surface area (Å²) in [5.74, 6) is 0.430. The second-order valence-corrected chi connectivity index (χ2v) is 5.93. The molecule has 0 radical (unpaired) electrons. The zero-order valence-corrected chi connectivity index (χ0v) is 12.3. The van der Waals surface area contributed by atoms with E-state index < -0.39 is 0 Å². The highest BCUT2D eigenvalue weighted by atomic mass is 79.9. The molecule has 1 N–H and O–H groups in total. The molecule has 5 nitrogen and oxygen atoms in total. The van der Waals surface area contributed by atoms with Gasteiger partial charge in [0.15, 0.2) is 0 Å². The van der Waals surface area contributed by atoms with Crippen molar-refractivity contribution >= 4 is 21.6 Å². The first-order valence-corrected chi connectivity index (χ1v) is 7.10. The molecule has 2 rings (SSSR count). The molecule has 19 heavy (non-hydrogen) atoms. The summed E-state index contributed by atoms with van der Waals surface area (Å²) in [5, 5.41) is 20.5. The molecule has 1 saturated heterocycles. The lowest BCUT2D eigenvalue weighted by Crippen LogP contribution is -2.34. The highest BCUT2D eigenvalue weighted by molar-refractivity contribution is 9.10. The number of hydrogen-bond donors (Lipinski definition) is 1. The van der Waals surface area contributed by atoms with Crippen molar-refractivity contribution in [2.24, 2.45) is 5.92 Å². The summed E-state index contributed by atoms with van der Waals surface area (Å²) in [6.45, 7) is 3.60. The summed E-state index contributed by atoms with van der Waals surface area (Å²) in [5.41, 5.74) is 0.825. The second-order valence-electron chi connectivity index (χ2n) is 5.02. The predicted molar refractivity (Wildman–Crippen MR) is 75.9 cm³/mol. The van der Waals surface area contributed by atoms with Crippen LogP contribution in [0.15, 0.2) is 22.7 Å². The standard InChI is InChI=1S/C13H17BrN2O3/c1-9-4-5-15(13(9)8-17)7-10-2-3-11(14)6-12(10)16(18)19/h2-3,6,9,13,17H,4-5,7-8H2,1H3. The minimum Gasteiger partial charge on any atom is -0.395 e. The Balaban J connectivity index is 2.21. The van der Waals surface area contributed by atoms with Crippen molar-refractivity contribution in [1.82, 2.24) is 4.90 Å². The van der Waals surface area contributed by atoms with Crippen LogP contribution in [0.3, 0.4) is 0 Å². The van der Waals surface area contributed by atoms with E-state index in [0.717, 1.165) is 13.0 Å². The first-order valence-electron chi connectivity index (χ1n) is 6.30. The molecule has 0 aromatic heterocycles. The number of benzene rings is 1. The second kappa shape index (κ2) is 5.98. The Morgan fingerprint density at radius 1 is 1.58 bits per heavy atom. The average molecular weight is 329 g/mol. The fourth-order valence-electron chi connectivity index (χ4n) is 2.64. The Hall–Kier alpha value is -0.980. The summed E-state index contributed by atoms with van der Waals surface area (Å²) >= 11 is 3.25. The number of aliphatic hydroxyl groups is 1. The van der Waals surface area contributed by atoms with E-state index in [1.54, 1.807) is 6.07 Å². The van der Waals surface area contributed by atoms with Crippen LogP contribution in [-0.4, -0.2) is 34.1 Å². The largest absolute Gasteiger partial charge is 0.395 e. The number of rotatable bonds is 4. The van der Waals surface area contributed by atoms with Crippen molar-refractivity contribution in [1.29, 1.82) is 0 Å². The van der Waals surface area contributed by atoms with Gasteiger partial charge < -0.3 is 5.11 Å². The lowest BCUT2D eigenvalue weighted by molar-refractivity contribution is -0.385. The number of aliphatic hydroxyl groups excluding tert-OH is 1. The topological polar surface area (TPSA) is 66.6 Å². The van der Waals surface area contributed by atoms with Crippen molar-refractivity contribution in [3.63, 3.8) is 0 Å². The molecule has 0 spiro atoms. The third-order valence-corrected chi connectivity index (χ3v) is 4.30. The van der Waals surface area contributed by atoms with Gasteiger partial charge in [0.25, 0.3) is 5.69 Å². The maximum absolute atomic E-state index is 11.1. The molecule has 1 aliphatic heterocycles. The molecule has 0 bridgehead atoms. The van der Waals surface area contributed by atoms with E-state index in [1.165, 1.54) is 6.07 Å². The van der Waals surface area contributed by atoms with Crippen molar-refractivity contribution < 1.29 is 10.0 Å². The van der Waals surface area contributed by atoms with E-state index in [-0.39, 0.29) is 23.3 Å². The number of nitro benzene ring substituents is 1. The van der Waals surface area contributed by atoms with Crippen LogP contribution in [0.25, 0.3) is 0 Å². The van der Waals surface area contributed by atoms with Crippen LogP contribution in [-0.2, 0) is 6.54 Å². The third kappa shape index (κ3) is 3.13. The molecule has 2 unspecified atom stereocenters. The lowest BCUT2D eigenvalue weighted by Gasteiger charge is -2.24. The fraction of sp³-hybridized carbons (Fsp3) is 0.538. The Bertz CT molecular complexity index is 481. The summed E-state index contributed by atoms with van der Waals surface area (Å²) in [6.07, 6.45) is 1.02. The van der Waals surface area contributed by atoms with Gasteiger partial charge in [-0.15, -0.1) is 0 Å². The van der Waals surface area contributed by atoms with Gasteiger partial charge in [-0.3, -0.25) is 15.0 Å². The molecule has 0 amide bonds. The van der Waals surface area contributed by atoms with Gasteiger partial charge in [-0.25, -0.2) is 0 Å². The van der Waals surface area contributed by atoms with Crippen molar-refractivity contribution in [2.45, 2.75) is 25.9 Å². The van der Waals surface area contributed by atoms with Gasteiger partial charge in [0.05, 0.1) is 11.5 Å². The predicted octanol–water partition coefficient (Wildman–Crippen LogP) is 2.56. The number of nitrogens with zero attached hydrogens (tertiary/aromatic N) is 2. The molecule has 6 heteroatoms. The minimum absolute atomic E-state index is 0.100. The minimum atomic E-state index is -0.354.